The smallest absolute Gasteiger partial charge is 0.141 e. The Labute approximate surface area is 238 Å². The lowest BCUT2D eigenvalue weighted by atomic mass is 9.87. The van der Waals surface area contributed by atoms with Gasteiger partial charge in [-0.3, -0.25) is 14.9 Å². The molecule has 0 radical (unpaired) electrons. The standard InChI is InChI=1S/C34H32FN5O/c1-20-10-26(35)16-37-33(20)24-6-9-32(36-14-24)31-17-39-34-30(31)12-25(15-38-34)23-3-2-21-4-7-27(8-5-22(21)11-23)40-28-13-29(40)19-41-18-28/h2-3,6,9-12,14-17,27-29H,4-5,7-8,13,18-19H2,1H3,(H,38,39)/t27-,28?,29?/m0/s1. The molecule has 0 spiro atoms. The van der Waals surface area contributed by atoms with Gasteiger partial charge in [0.15, 0.2) is 0 Å². The van der Waals surface area contributed by atoms with E-state index in [9.17, 15) is 4.39 Å². The van der Waals surface area contributed by atoms with Gasteiger partial charge < -0.3 is 9.72 Å². The first-order valence-electron chi connectivity index (χ1n) is 14.6. The number of nitrogens with one attached hydrogen (secondary N) is 1. The number of benzene rings is 1. The molecule has 2 unspecified atom stereocenters. The Bertz CT molecular complexity index is 1750. The van der Waals surface area contributed by atoms with E-state index in [-0.39, 0.29) is 5.82 Å². The van der Waals surface area contributed by atoms with E-state index in [0.29, 0.717) is 18.1 Å². The second kappa shape index (κ2) is 9.86. The Hall–Kier alpha value is -3.94. The first-order chi connectivity index (χ1) is 20.1. The third-order valence-electron chi connectivity index (χ3n) is 9.35. The summed E-state index contributed by atoms with van der Waals surface area (Å²) in [5.74, 6) is -0.332. The Kier molecular flexibility index (Phi) is 5.97. The van der Waals surface area contributed by atoms with Crippen molar-refractivity contribution in [2.24, 2.45) is 0 Å². The van der Waals surface area contributed by atoms with E-state index in [2.05, 4.69) is 39.1 Å². The minimum Gasteiger partial charge on any atom is -0.378 e. The average Bonchev–Trinajstić information content (AvgIpc) is 3.31. The van der Waals surface area contributed by atoms with Gasteiger partial charge in [-0.2, -0.15) is 0 Å². The van der Waals surface area contributed by atoms with E-state index >= 15 is 0 Å². The number of H-pyrrole nitrogens is 1. The van der Waals surface area contributed by atoms with E-state index in [1.54, 1.807) is 6.20 Å². The van der Waals surface area contributed by atoms with E-state index in [0.717, 1.165) is 70.7 Å². The van der Waals surface area contributed by atoms with Crippen LogP contribution in [0.5, 0.6) is 0 Å². The highest BCUT2D eigenvalue weighted by atomic mass is 19.1. The highest BCUT2D eigenvalue weighted by molar-refractivity contribution is 5.95. The molecule has 1 aromatic carbocycles. The van der Waals surface area contributed by atoms with Crippen LogP contribution in [-0.2, 0) is 17.6 Å². The molecule has 8 rings (SSSR count). The van der Waals surface area contributed by atoms with Crippen molar-refractivity contribution in [3.05, 3.63) is 89.8 Å². The molecule has 2 saturated heterocycles. The van der Waals surface area contributed by atoms with Gasteiger partial charge in [-0.25, -0.2) is 9.37 Å². The van der Waals surface area contributed by atoms with Crippen LogP contribution in [0.1, 0.15) is 36.0 Å². The van der Waals surface area contributed by atoms with Crippen molar-refractivity contribution in [3.63, 3.8) is 0 Å². The van der Waals surface area contributed by atoms with Crippen LogP contribution < -0.4 is 0 Å². The van der Waals surface area contributed by atoms with Crippen molar-refractivity contribution in [1.82, 2.24) is 24.8 Å². The van der Waals surface area contributed by atoms with Gasteiger partial charge in [0.1, 0.15) is 11.5 Å². The van der Waals surface area contributed by atoms with Gasteiger partial charge in [0.2, 0.25) is 0 Å². The summed E-state index contributed by atoms with van der Waals surface area (Å²) in [5.41, 5.74) is 10.4. The van der Waals surface area contributed by atoms with Crippen LogP contribution in [-0.4, -0.2) is 56.2 Å². The second-order valence-electron chi connectivity index (χ2n) is 11.8. The Morgan fingerprint density at radius 1 is 0.829 bits per heavy atom. The Morgan fingerprint density at radius 2 is 1.63 bits per heavy atom. The fourth-order valence-corrected chi connectivity index (χ4v) is 7.24. The molecule has 1 aliphatic carbocycles. The molecule has 0 saturated carbocycles. The van der Waals surface area contributed by atoms with Gasteiger partial charge >= 0.3 is 0 Å². The molecular formula is C34H32FN5O. The molecule has 2 fully saturated rings. The maximum atomic E-state index is 13.5. The summed E-state index contributed by atoms with van der Waals surface area (Å²) in [4.78, 5) is 19.8. The molecule has 3 atom stereocenters. The predicted molar refractivity (Wildman–Crippen MR) is 158 cm³/mol. The van der Waals surface area contributed by atoms with Crippen molar-refractivity contribution in [2.45, 2.75) is 57.2 Å². The summed E-state index contributed by atoms with van der Waals surface area (Å²) in [6, 6.07) is 16.6. The zero-order chi connectivity index (χ0) is 27.5. The summed E-state index contributed by atoms with van der Waals surface area (Å²) in [6.45, 7) is 3.68. The summed E-state index contributed by atoms with van der Waals surface area (Å²) in [7, 11) is 0. The molecule has 7 heteroatoms. The number of hydrogen-bond acceptors (Lipinski definition) is 5. The number of hydrogen-bond donors (Lipinski definition) is 1. The number of fused-ring (bicyclic) bond motifs is 4. The van der Waals surface area contributed by atoms with E-state index in [1.165, 1.54) is 48.2 Å². The second-order valence-corrected chi connectivity index (χ2v) is 11.8. The number of pyridine rings is 3. The first kappa shape index (κ1) is 24.8. The lowest BCUT2D eigenvalue weighted by molar-refractivity contribution is -0.148. The SMILES string of the molecule is Cc1cc(F)cnc1-c1ccc(-c2c[nH]c3ncc(-c4ccc5c(c4)CC[C@@H](N4C6COCC4C6)CC5)cc23)nc1. The van der Waals surface area contributed by atoms with Crippen molar-refractivity contribution >= 4 is 11.0 Å². The molecule has 2 bridgehead atoms. The normalized spacial score (nSPS) is 22.2. The highest BCUT2D eigenvalue weighted by Gasteiger charge is 2.45. The molecule has 6 heterocycles. The Balaban J connectivity index is 1.06. The molecular weight excluding hydrogens is 513 g/mol. The minimum atomic E-state index is -0.332. The third-order valence-corrected chi connectivity index (χ3v) is 9.35. The van der Waals surface area contributed by atoms with E-state index < -0.39 is 0 Å². The van der Waals surface area contributed by atoms with Crippen LogP contribution >= 0.6 is 0 Å². The van der Waals surface area contributed by atoms with Crippen molar-refractivity contribution in [2.75, 3.05) is 13.2 Å². The van der Waals surface area contributed by atoms with E-state index in [1.807, 2.05) is 31.5 Å². The molecule has 4 aromatic heterocycles. The molecule has 1 N–H and O–H groups in total. The van der Waals surface area contributed by atoms with Crippen molar-refractivity contribution < 1.29 is 9.13 Å². The van der Waals surface area contributed by atoms with Crippen LogP contribution in [0.4, 0.5) is 4.39 Å². The maximum Gasteiger partial charge on any atom is 0.141 e. The quantitative estimate of drug-likeness (QED) is 0.261. The summed E-state index contributed by atoms with van der Waals surface area (Å²) >= 11 is 0. The van der Waals surface area contributed by atoms with Gasteiger partial charge in [-0.15, -0.1) is 0 Å². The zero-order valence-corrected chi connectivity index (χ0v) is 23.1. The predicted octanol–water partition coefficient (Wildman–Crippen LogP) is 6.52. The number of aromatic amines is 1. The number of halogens is 1. The number of ether oxygens (including phenoxy) is 1. The third kappa shape index (κ3) is 4.35. The maximum absolute atomic E-state index is 13.5. The number of nitrogens with zero attached hydrogens (tertiary/aromatic N) is 4. The lowest BCUT2D eigenvalue weighted by Crippen LogP contribution is -2.66. The molecule has 0 amide bonds. The van der Waals surface area contributed by atoms with Gasteiger partial charge in [-0.1, -0.05) is 18.2 Å². The van der Waals surface area contributed by atoms with Gasteiger partial charge in [0, 0.05) is 58.8 Å². The average molecular weight is 546 g/mol. The molecule has 41 heavy (non-hydrogen) atoms. The van der Waals surface area contributed by atoms with Crippen LogP contribution in [0.2, 0.25) is 0 Å². The van der Waals surface area contributed by atoms with Crippen molar-refractivity contribution in [1.29, 1.82) is 0 Å². The number of rotatable bonds is 4. The van der Waals surface area contributed by atoms with E-state index in [4.69, 9.17) is 14.7 Å². The van der Waals surface area contributed by atoms with Crippen LogP contribution in [0.25, 0.3) is 44.7 Å². The summed E-state index contributed by atoms with van der Waals surface area (Å²) < 4.78 is 19.3. The summed E-state index contributed by atoms with van der Waals surface area (Å²) in [6.07, 6.45) is 13.0. The number of morpholine rings is 1. The van der Waals surface area contributed by atoms with Crippen LogP contribution in [0, 0.1) is 12.7 Å². The summed E-state index contributed by atoms with van der Waals surface area (Å²) in [5, 5.41) is 1.04. The molecule has 6 nitrogen and oxygen atoms in total. The van der Waals surface area contributed by atoms with Crippen LogP contribution in [0.15, 0.2) is 67.3 Å². The number of aryl methyl sites for hydroxylation is 3. The lowest BCUT2D eigenvalue weighted by Gasteiger charge is -2.56. The largest absolute Gasteiger partial charge is 0.378 e. The van der Waals surface area contributed by atoms with Crippen molar-refractivity contribution in [3.8, 4) is 33.6 Å². The molecule has 206 valence electrons. The number of aromatic nitrogens is 4. The topological polar surface area (TPSA) is 66.9 Å². The van der Waals surface area contributed by atoms with Gasteiger partial charge in [0.25, 0.3) is 0 Å². The Morgan fingerprint density at radius 3 is 2.41 bits per heavy atom. The fraction of sp³-hybridized carbons (Fsp3) is 0.324. The molecule has 5 aromatic rings. The van der Waals surface area contributed by atoms with Gasteiger partial charge in [0.05, 0.1) is 30.8 Å². The minimum absolute atomic E-state index is 0.332. The van der Waals surface area contributed by atoms with Gasteiger partial charge in [-0.05, 0) is 85.5 Å². The fourth-order valence-electron chi connectivity index (χ4n) is 7.24. The zero-order valence-electron chi connectivity index (χ0n) is 23.1. The molecule has 2 aliphatic heterocycles. The first-order valence-corrected chi connectivity index (χ1v) is 14.6. The molecule has 3 aliphatic rings. The highest BCUT2D eigenvalue weighted by Crippen LogP contribution is 2.38. The monoisotopic (exact) mass is 545 g/mol. The van der Waals surface area contributed by atoms with Crippen LogP contribution in [0.3, 0.4) is 0 Å².